The third-order valence-electron chi connectivity index (χ3n) is 5.60. The van der Waals surface area contributed by atoms with Gasteiger partial charge in [-0.3, -0.25) is 14.8 Å². The Labute approximate surface area is 184 Å². The Morgan fingerprint density at radius 3 is 2.43 bits per heavy atom. The highest BCUT2D eigenvalue weighted by Gasteiger charge is 2.50. The molecule has 0 aliphatic carbocycles. The first-order valence-corrected chi connectivity index (χ1v) is 10.2. The minimum atomic E-state index is -1.15. The molecule has 1 atom stereocenters. The van der Waals surface area contributed by atoms with Gasteiger partial charge >= 0.3 is 0 Å². The van der Waals surface area contributed by atoms with E-state index >= 15 is 0 Å². The first-order valence-electron chi connectivity index (χ1n) is 9.40. The molecule has 1 fully saturated rings. The predicted molar refractivity (Wildman–Crippen MR) is 113 cm³/mol. The minimum absolute atomic E-state index is 0.161. The first kappa shape index (κ1) is 22.3. The number of nitrogens with one attached hydrogen (secondary N) is 1. The van der Waals surface area contributed by atoms with E-state index in [0.717, 1.165) is 11.1 Å². The van der Waals surface area contributed by atoms with Crippen molar-refractivity contribution in [1.82, 2.24) is 15.4 Å². The van der Waals surface area contributed by atoms with E-state index < -0.39 is 16.9 Å². The van der Waals surface area contributed by atoms with E-state index in [1.807, 2.05) is 19.1 Å². The van der Waals surface area contributed by atoms with Gasteiger partial charge in [0.05, 0.1) is 5.41 Å². The van der Waals surface area contributed by atoms with Crippen LogP contribution in [-0.2, 0) is 21.6 Å². The van der Waals surface area contributed by atoms with E-state index in [1.54, 1.807) is 43.6 Å². The largest absolute Gasteiger partial charge is 0.489 e. The van der Waals surface area contributed by atoms with Crippen molar-refractivity contribution in [3.63, 3.8) is 0 Å². The lowest BCUT2D eigenvalue weighted by atomic mass is 9.81. The van der Waals surface area contributed by atoms with Crippen LogP contribution in [0.1, 0.15) is 38.3 Å². The van der Waals surface area contributed by atoms with Crippen molar-refractivity contribution in [1.29, 1.82) is 0 Å². The molecule has 1 saturated heterocycles. The fourth-order valence-corrected chi connectivity index (χ4v) is 4.09. The van der Waals surface area contributed by atoms with Crippen molar-refractivity contribution in [3.8, 4) is 5.75 Å². The maximum Gasteiger partial charge on any atom is 0.268 e. The predicted octanol–water partition coefficient (Wildman–Crippen LogP) is 3.74. The zero-order valence-corrected chi connectivity index (χ0v) is 18.4. The molecule has 1 aromatic carbocycles. The molecule has 0 saturated carbocycles. The van der Waals surface area contributed by atoms with Gasteiger partial charge in [0.1, 0.15) is 28.2 Å². The molecule has 2 N–H and O–H groups in total. The highest BCUT2D eigenvalue weighted by Crippen LogP contribution is 2.39. The Hall–Kier alpha value is -2.35. The maximum atomic E-state index is 13.2. The van der Waals surface area contributed by atoms with Gasteiger partial charge in [0.25, 0.3) is 5.91 Å². The van der Waals surface area contributed by atoms with E-state index in [0.29, 0.717) is 29.0 Å². The zero-order chi connectivity index (χ0) is 22.1. The SMILES string of the molecule is CC1(c2ccc(OCc3cc(Cl)nc(Cl)c3)cc2)CCN(C(C)(C)C(=O)NO)C1=O. The number of halogens is 2. The second kappa shape index (κ2) is 8.41. The van der Waals surface area contributed by atoms with Gasteiger partial charge in [-0.15, -0.1) is 0 Å². The summed E-state index contributed by atoms with van der Waals surface area (Å²) in [5.41, 5.74) is 1.35. The maximum absolute atomic E-state index is 13.2. The summed E-state index contributed by atoms with van der Waals surface area (Å²) in [6, 6.07) is 10.7. The van der Waals surface area contributed by atoms with Crippen molar-refractivity contribution >= 4 is 35.0 Å². The monoisotopic (exact) mass is 451 g/mol. The lowest BCUT2D eigenvalue weighted by Crippen LogP contribution is -2.56. The number of nitrogens with zero attached hydrogens (tertiary/aromatic N) is 2. The van der Waals surface area contributed by atoms with Crippen LogP contribution in [-0.4, -0.2) is 39.0 Å². The number of hydrogen-bond donors (Lipinski definition) is 2. The third kappa shape index (κ3) is 4.24. The second-order valence-electron chi connectivity index (χ2n) is 7.97. The van der Waals surface area contributed by atoms with Gasteiger partial charge in [-0.2, -0.15) is 0 Å². The summed E-state index contributed by atoms with van der Waals surface area (Å²) in [5.74, 6) is -0.153. The van der Waals surface area contributed by atoms with Crippen molar-refractivity contribution in [3.05, 3.63) is 57.8 Å². The van der Waals surface area contributed by atoms with Crippen LogP contribution in [0, 0.1) is 0 Å². The van der Waals surface area contributed by atoms with Crippen molar-refractivity contribution in [2.75, 3.05) is 6.54 Å². The third-order valence-corrected chi connectivity index (χ3v) is 5.99. The van der Waals surface area contributed by atoms with E-state index in [9.17, 15) is 9.59 Å². The summed E-state index contributed by atoms with van der Waals surface area (Å²) in [6.07, 6.45) is 0.558. The number of benzene rings is 1. The van der Waals surface area contributed by atoms with Gasteiger partial charge in [-0.1, -0.05) is 35.3 Å². The number of hydrogen-bond acceptors (Lipinski definition) is 5. The fraction of sp³-hybridized carbons (Fsp3) is 0.381. The fourth-order valence-electron chi connectivity index (χ4n) is 3.59. The molecule has 1 aliphatic heterocycles. The number of ether oxygens (including phenoxy) is 1. The molecule has 0 radical (unpaired) electrons. The molecule has 1 aromatic heterocycles. The Balaban J connectivity index is 1.72. The summed E-state index contributed by atoms with van der Waals surface area (Å²) in [5, 5.41) is 9.58. The molecule has 0 spiro atoms. The highest BCUT2D eigenvalue weighted by molar-refractivity contribution is 6.32. The number of carbonyl (C=O) groups excluding carboxylic acids is 2. The van der Waals surface area contributed by atoms with Crippen LogP contribution in [0.3, 0.4) is 0 Å². The van der Waals surface area contributed by atoms with Crippen LogP contribution in [0.4, 0.5) is 0 Å². The Bertz CT molecular complexity index is 945. The minimum Gasteiger partial charge on any atom is -0.489 e. The van der Waals surface area contributed by atoms with Gasteiger partial charge in [0.2, 0.25) is 5.91 Å². The lowest BCUT2D eigenvalue weighted by molar-refractivity contribution is -0.149. The molecule has 3 rings (SSSR count). The van der Waals surface area contributed by atoms with Crippen molar-refractivity contribution < 1.29 is 19.5 Å². The second-order valence-corrected chi connectivity index (χ2v) is 8.75. The van der Waals surface area contributed by atoms with Crippen LogP contribution < -0.4 is 10.2 Å². The molecular formula is C21H23Cl2N3O4. The average molecular weight is 452 g/mol. The van der Waals surface area contributed by atoms with Crippen LogP contribution >= 0.6 is 23.2 Å². The van der Waals surface area contributed by atoms with Crippen LogP contribution in [0.5, 0.6) is 5.75 Å². The van der Waals surface area contributed by atoms with Crippen LogP contribution in [0.25, 0.3) is 0 Å². The number of likely N-dealkylation sites (tertiary alicyclic amines) is 1. The molecule has 2 heterocycles. The average Bonchev–Trinajstić information content (AvgIpc) is 3.01. The van der Waals surface area contributed by atoms with Gasteiger partial charge in [-0.25, -0.2) is 10.5 Å². The standard InChI is InChI=1S/C21H23Cl2N3O4/c1-20(2,18(27)25-29)26-9-8-21(3,19(26)28)14-4-6-15(7-5-14)30-12-13-10-16(22)24-17(23)11-13/h4-7,10-11,29H,8-9,12H2,1-3H3,(H,25,27). The molecule has 160 valence electrons. The summed E-state index contributed by atoms with van der Waals surface area (Å²) in [4.78, 5) is 30.6. The number of aromatic nitrogens is 1. The molecule has 0 bridgehead atoms. The summed E-state index contributed by atoms with van der Waals surface area (Å²) < 4.78 is 5.78. The van der Waals surface area contributed by atoms with Crippen molar-refractivity contribution in [2.45, 2.75) is 44.8 Å². The van der Waals surface area contributed by atoms with Crippen molar-refractivity contribution in [2.24, 2.45) is 0 Å². The molecule has 9 heteroatoms. The van der Waals surface area contributed by atoms with Gasteiger partial charge in [-0.05, 0) is 62.6 Å². The number of pyridine rings is 1. The Kier molecular flexibility index (Phi) is 6.26. The lowest BCUT2D eigenvalue weighted by Gasteiger charge is -2.34. The molecule has 30 heavy (non-hydrogen) atoms. The summed E-state index contributed by atoms with van der Waals surface area (Å²) in [6.45, 7) is 5.76. The number of carbonyl (C=O) groups is 2. The van der Waals surface area contributed by atoms with Gasteiger partial charge < -0.3 is 9.64 Å². The van der Waals surface area contributed by atoms with E-state index in [4.69, 9.17) is 33.1 Å². The molecule has 2 aromatic rings. The molecule has 1 unspecified atom stereocenters. The quantitative estimate of drug-likeness (QED) is 0.396. The topological polar surface area (TPSA) is 91.8 Å². The van der Waals surface area contributed by atoms with E-state index in [2.05, 4.69) is 4.98 Å². The first-order chi connectivity index (χ1) is 14.1. The number of amides is 2. The Morgan fingerprint density at radius 1 is 1.27 bits per heavy atom. The van der Waals surface area contributed by atoms with E-state index in [-0.39, 0.29) is 12.5 Å². The van der Waals surface area contributed by atoms with Crippen LogP contribution in [0.15, 0.2) is 36.4 Å². The number of hydroxylamine groups is 1. The zero-order valence-electron chi connectivity index (χ0n) is 16.9. The van der Waals surface area contributed by atoms with E-state index in [1.165, 1.54) is 4.90 Å². The highest BCUT2D eigenvalue weighted by atomic mass is 35.5. The molecule has 1 aliphatic rings. The number of rotatable bonds is 6. The van der Waals surface area contributed by atoms with Gasteiger partial charge in [0, 0.05) is 6.54 Å². The molecule has 7 nitrogen and oxygen atoms in total. The summed E-state index contributed by atoms with van der Waals surface area (Å²) in [7, 11) is 0. The molecule has 2 amide bonds. The van der Waals surface area contributed by atoms with Gasteiger partial charge in [0.15, 0.2) is 0 Å². The molecular weight excluding hydrogens is 429 g/mol. The smallest absolute Gasteiger partial charge is 0.268 e. The Morgan fingerprint density at radius 2 is 1.87 bits per heavy atom. The normalized spacial score (nSPS) is 19.1. The van der Waals surface area contributed by atoms with Crippen LogP contribution in [0.2, 0.25) is 10.3 Å². The summed E-state index contributed by atoms with van der Waals surface area (Å²) >= 11 is 11.8.